The van der Waals surface area contributed by atoms with E-state index in [1.165, 1.54) is 0 Å². The molecule has 5 heteroatoms. The van der Waals surface area contributed by atoms with Crippen molar-refractivity contribution in [3.05, 3.63) is 29.7 Å². The van der Waals surface area contributed by atoms with E-state index in [1.807, 2.05) is 19.1 Å². The van der Waals surface area contributed by atoms with Crippen molar-refractivity contribution >= 4 is 17.4 Å². The largest absolute Gasteiger partial charge is 0.379 e. The van der Waals surface area contributed by atoms with Gasteiger partial charge in [0.2, 0.25) is 5.28 Å². The maximum atomic E-state index is 5.73. The number of ether oxygens (including phenoxy) is 1. The predicted molar refractivity (Wildman–Crippen MR) is 65.9 cm³/mol. The van der Waals surface area contributed by atoms with Crippen LogP contribution in [0.1, 0.15) is 12.1 Å². The number of aromatic nitrogens is 2. The Morgan fingerprint density at radius 3 is 3.00 bits per heavy atom. The summed E-state index contributed by atoms with van der Waals surface area (Å²) in [5.41, 5.74) is 0.843. The Labute approximate surface area is 101 Å². The van der Waals surface area contributed by atoms with Crippen LogP contribution in [-0.2, 0) is 4.74 Å². The second kappa shape index (κ2) is 7.19. The van der Waals surface area contributed by atoms with E-state index in [-0.39, 0.29) is 5.28 Å². The molecule has 1 heterocycles. The lowest BCUT2D eigenvalue weighted by molar-refractivity contribution is 0.149. The third-order valence-electron chi connectivity index (χ3n) is 1.85. The summed E-state index contributed by atoms with van der Waals surface area (Å²) in [7, 11) is 0. The fraction of sp³-hybridized carbons (Fsp3) is 0.455. The summed E-state index contributed by atoms with van der Waals surface area (Å²) in [6.45, 7) is 7.53. The Kier molecular flexibility index (Phi) is 5.82. The molecule has 0 fully saturated rings. The summed E-state index contributed by atoms with van der Waals surface area (Å²) < 4.78 is 5.35. The molecule has 1 rings (SSSR count). The predicted octanol–water partition coefficient (Wildman–Crippen LogP) is 2.44. The van der Waals surface area contributed by atoms with Crippen LogP contribution < -0.4 is 5.32 Å². The van der Waals surface area contributed by atoms with Gasteiger partial charge in [-0.25, -0.2) is 9.97 Å². The van der Waals surface area contributed by atoms with Gasteiger partial charge in [-0.05, 0) is 24.9 Å². The van der Waals surface area contributed by atoms with Crippen LogP contribution in [0.5, 0.6) is 0 Å². The lowest BCUT2D eigenvalue weighted by Crippen LogP contribution is -2.11. The number of nitrogens with zero attached hydrogens (tertiary/aromatic N) is 2. The van der Waals surface area contributed by atoms with E-state index >= 15 is 0 Å². The molecule has 0 saturated heterocycles. The Morgan fingerprint density at radius 2 is 2.31 bits per heavy atom. The third kappa shape index (κ3) is 5.09. The van der Waals surface area contributed by atoms with Crippen LogP contribution in [0, 0.1) is 6.92 Å². The molecule has 16 heavy (non-hydrogen) atoms. The van der Waals surface area contributed by atoms with Crippen molar-refractivity contribution in [3.8, 4) is 0 Å². The zero-order chi connectivity index (χ0) is 11.8. The molecule has 0 aromatic carbocycles. The van der Waals surface area contributed by atoms with Gasteiger partial charge in [-0.15, -0.1) is 6.58 Å². The highest BCUT2D eigenvalue weighted by molar-refractivity contribution is 6.28. The van der Waals surface area contributed by atoms with E-state index in [0.29, 0.717) is 19.8 Å². The van der Waals surface area contributed by atoms with Crippen LogP contribution in [0.2, 0.25) is 5.28 Å². The number of hydrogen-bond acceptors (Lipinski definition) is 4. The first-order chi connectivity index (χ1) is 7.72. The van der Waals surface area contributed by atoms with E-state index in [2.05, 4.69) is 21.9 Å². The number of rotatable bonds is 7. The minimum Gasteiger partial charge on any atom is -0.379 e. The van der Waals surface area contributed by atoms with Crippen molar-refractivity contribution in [1.82, 2.24) is 9.97 Å². The molecule has 0 aliphatic heterocycles. The monoisotopic (exact) mass is 241 g/mol. The van der Waals surface area contributed by atoms with Gasteiger partial charge in [0.05, 0.1) is 13.2 Å². The molecule has 4 nitrogen and oxygen atoms in total. The quantitative estimate of drug-likeness (QED) is 0.453. The summed E-state index contributed by atoms with van der Waals surface area (Å²) in [6.07, 6.45) is 2.71. The van der Waals surface area contributed by atoms with E-state index in [4.69, 9.17) is 16.3 Å². The second-order valence-electron chi connectivity index (χ2n) is 3.28. The molecule has 0 amide bonds. The molecule has 1 N–H and O–H groups in total. The molecule has 0 saturated carbocycles. The standard InChI is InChI=1S/C11H16ClN3O/c1-3-4-6-16-7-5-13-10-8-9(2)14-11(12)15-10/h3,8H,1,4-7H2,2H3,(H,13,14,15). The summed E-state index contributed by atoms with van der Waals surface area (Å²) in [4.78, 5) is 8.01. The lowest BCUT2D eigenvalue weighted by atomic mass is 10.4. The molecule has 0 radical (unpaired) electrons. The first-order valence-electron chi connectivity index (χ1n) is 5.16. The summed E-state index contributed by atoms with van der Waals surface area (Å²) in [5.74, 6) is 0.727. The van der Waals surface area contributed by atoms with Gasteiger partial charge < -0.3 is 10.1 Å². The van der Waals surface area contributed by atoms with Crippen LogP contribution >= 0.6 is 11.6 Å². The first-order valence-corrected chi connectivity index (χ1v) is 5.54. The number of halogens is 1. The molecule has 1 aromatic heterocycles. The number of nitrogens with one attached hydrogen (secondary N) is 1. The van der Waals surface area contributed by atoms with Gasteiger partial charge in [0.25, 0.3) is 0 Å². The molecular formula is C11H16ClN3O. The van der Waals surface area contributed by atoms with E-state index in [9.17, 15) is 0 Å². The Bertz CT molecular complexity index is 324. The van der Waals surface area contributed by atoms with E-state index in [0.717, 1.165) is 17.9 Å². The normalized spacial score (nSPS) is 10.1. The zero-order valence-electron chi connectivity index (χ0n) is 9.37. The Balaban J connectivity index is 2.23. The molecule has 1 aromatic rings. The average Bonchev–Trinajstić information content (AvgIpc) is 2.22. The van der Waals surface area contributed by atoms with Crippen molar-refractivity contribution in [3.63, 3.8) is 0 Å². The lowest BCUT2D eigenvalue weighted by Gasteiger charge is -2.06. The fourth-order valence-electron chi connectivity index (χ4n) is 1.14. The summed E-state index contributed by atoms with van der Waals surface area (Å²) >= 11 is 5.73. The van der Waals surface area contributed by atoms with Gasteiger partial charge in [0.15, 0.2) is 0 Å². The topological polar surface area (TPSA) is 47.0 Å². The zero-order valence-corrected chi connectivity index (χ0v) is 10.1. The van der Waals surface area contributed by atoms with Crippen LogP contribution in [0.3, 0.4) is 0 Å². The molecule has 0 aliphatic carbocycles. The molecule has 88 valence electrons. The van der Waals surface area contributed by atoms with Gasteiger partial charge in [-0.3, -0.25) is 0 Å². The molecule has 0 unspecified atom stereocenters. The highest BCUT2D eigenvalue weighted by atomic mass is 35.5. The first kappa shape index (κ1) is 12.9. The molecule has 0 spiro atoms. The highest BCUT2D eigenvalue weighted by Crippen LogP contribution is 2.08. The average molecular weight is 242 g/mol. The van der Waals surface area contributed by atoms with Gasteiger partial charge in [0, 0.05) is 18.3 Å². The molecular weight excluding hydrogens is 226 g/mol. The van der Waals surface area contributed by atoms with Crippen LogP contribution in [0.15, 0.2) is 18.7 Å². The summed E-state index contributed by atoms with van der Waals surface area (Å²) in [5, 5.41) is 3.38. The van der Waals surface area contributed by atoms with Crippen molar-refractivity contribution in [2.24, 2.45) is 0 Å². The molecule has 0 bridgehead atoms. The van der Waals surface area contributed by atoms with Crippen LogP contribution in [-0.4, -0.2) is 29.7 Å². The van der Waals surface area contributed by atoms with Gasteiger partial charge in [-0.2, -0.15) is 0 Å². The Hall–Kier alpha value is -1.13. The smallest absolute Gasteiger partial charge is 0.224 e. The maximum absolute atomic E-state index is 5.73. The van der Waals surface area contributed by atoms with Crippen LogP contribution in [0.4, 0.5) is 5.82 Å². The fourth-order valence-corrected chi connectivity index (χ4v) is 1.37. The van der Waals surface area contributed by atoms with E-state index < -0.39 is 0 Å². The number of hydrogen-bond donors (Lipinski definition) is 1. The number of anilines is 1. The van der Waals surface area contributed by atoms with Crippen molar-refractivity contribution in [2.45, 2.75) is 13.3 Å². The second-order valence-corrected chi connectivity index (χ2v) is 3.62. The SMILES string of the molecule is C=CCCOCCNc1cc(C)nc(Cl)n1. The van der Waals surface area contributed by atoms with Crippen molar-refractivity contribution in [1.29, 1.82) is 0 Å². The van der Waals surface area contributed by atoms with Crippen molar-refractivity contribution < 1.29 is 4.74 Å². The van der Waals surface area contributed by atoms with E-state index in [1.54, 1.807) is 0 Å². The van der Waals surface area contributed by atoms with Gasteiger partial charge in [-0.1, -0.05) is 6.08 Å². The highest BCUT2D eigenvalue weighted by Gasteiger charge is 1.98. The minimum atomic E-state index is 0.259. The summed E-state index contributed by atoms with van der Waals surface area (Å²) in [6, 6.07) is 1.84. The molecule has 0 atom stereocenters. The maximum Gasteiger partial charge on any atom is 0.224 e. The van der Waals surface area contributed by atoms with Gasteiger partial charge >= 0.3 is 0 Å². The van der Waals surface area contributed by atoms with Crippen molar-refractivity contribution in [2.75, 3.05) is 25.1 Å². The third-order valence-corrected chi connectivity index (χ3v) is 2.01. The van der Waals surface area contributed by atoms with Gasteiger partial charge in [0.1, 0.15) is 5.82 Å². The minimum absolute atomic E-state index is 0.259. The number of aryl methyl sites for hydroxylation is 1. The van der Waals surface area contributed by atoms with Crippen LogP contribution in [0.25, 0.3) is 0 Å². The molecule has 0 aliphatic rings. The Morgan fingerprint density at radius 1 is 1.50 bits per heavy atom.